The first-order chi connectivity index (χ1) is 9.83. The Morgan fingerprint density at radius 1 is 1.05 bits per heavy atom. The molecule has 0 bridgehead atoms. The van der Waals surface area contributed by atoms with Crippen LogP contribution in [0, 0.1) is 0 Å². The molecule has 5 heteroatoms. The van der Waals surface area contributed by atoms with Gasteiger partial charge in [-0.15, -0.1) is 0 Å². The van der Waals surface area contributed by atoms with Crippen molar-refractivity contribution in [1.82, 2.24) is 15.1 Å². The fourth-order valence-electron chi connectivity index (χ4n) is 1.77. The Morgan fingerprint density at radius 2 is 1.80 bits per heavy atom. The largest absolute Gasteiger partial charge is 0.481 e. The minimum Gasteiger partial charge on any atom is -0.481 e. The summed E-state index contributed by atoms with van der Waals surface area (Å²) in [5.74, 6) is 1.75. The van der Waals surface area contributed by atoms with Gasteiger partial charge in [0.05, 0.1) is 0 Å². The van der Waals surface area contributed by atoms with Crippen molar-refractivity contribution in [2.24, 2.45) is 0 Å². The lowest BCUT2D eigenvalue weighted by Crippen LogP contribution is -2.03. The van der Waals surface area contributed by atoms with Crippen molar-refractivity contribution in [2.45, 2.75) is 13.0 Å². The molecular formula is C15H13N3O2. The monoisotopic (exact) mass is 267 g/mol. The van der Waals surface area contributed by atoms with Crippen LogP contribution in [-0.2, 0) is 0 Å². The summed E-state index contributed by atoms with van der Waals surface area (Å²) in [6, 6.07) is 13.2. The van der Waals surface area contributed by atoms with Crippen LogP contribution in [0.1, 0.15) is 18.9 Å². The summed E-state index contributed by atoms with van der Waals surface area (Å²) in [5, 5.41) is 3.96. The van der Waals surface area contributed by atoms with Crippen LogP contribution < -0.4 is 4.74 Å². The van der Waals surface area contributed by atoms with E-state index in [0.29, 0.717) is 11.7 Å². The molecule has 0 spiro atoms. The van der Waals surface area contributed by atoms with Gasteiger partial charge in [-0.3, -0.25) is 4.98 Å². The third-order valence-electron chi connectivity index (χ3n) is 2.78. The van der Waals surface area contributed by atoms with Crippen LogP contribution in [0.25, 0.3) is 11.4 Å². The van der Waals surface area contributed by atoms with Crippen molar-refractivity contribution in [3.8, 4) is 17.1 Å². The van der Waals surface area contributed by atoms with Crippen molar-refractivity contribution in [3.05, 3.63) is 60.7 Å². The number of benzene rings is 1. The maximum atomic E-state index is 5.74. The van der Waals surface area contributed by atoms with E-state index in [1.807, 2.05) is 49.4 Å². The Hall–Kier alpha value is -2.69. The van der Waals surface area contributed by atoms with Crippen molar-refractivity contribution in [2.75, 3.05) is 0 Å². The summed E-state index contributed by atoms with van der Waals surface area (Å²) in [5.41, 5.74) is 0.863. The fourth-order valence-corrected chi connectivity index (χ4v) is 1.77. The second-order valence-electron chi connectivity index (χ2n) is 4.27. The molecule has 1 aromatic carbocycles. The molecule has 100 valence electrons. The molecule has 0 N–H and O–H groups in total. The lowest BCUT2D eigenvalue weighted by Gasteiger charge is -2.09. The van der Waals surface area contributed by atoms with E-state index in [2.05, 4.69) is 15.1 Å². The number of nitrogens with zero attached hydrogens (tertiary/aromatic N) is 3. The van der Waals surface area contributed by atoms with Crippen LogP contribution >= 0.6 is 0 Å². The number of aromatic nitrogens is 3. The predicted octanol–water partition coefficient (Wildman–Crippen LogP) is 3.27. The molecule has 0 aliphatic carbocycles. The SMILES string of the molecule is C[C@@H](Oc1ccccc1)c1nc(-c2ccncc2)no1. The zero-order valence-electron chi connectivity index (χ0n) is 10.9. The van der Waals surface area contributed by atoms with Crippen LogP contribution in [0.3, 0.4) is 0 Å². The van der Waals surface area contributed by atoms with Gasteiger partial charge in [0.1, 0.15) is 5.75 Å². The third kappa shape index (κ3) is 2.66. The summed E-state index contributed by atoms with van der Waals surface area (Å²) >= 11 is 0. The van der Waals surface area contributed by atoms with Gasteiger partial charge in [0.15, 0.2) is 6.10 Å². The van der Waals surface area contributed by atoms with Gasteiger partial charge in [0.25, 0.3) is 5.89 Å². The van der Waals surface area contributed by atoms with Crippen molar-refractivity contribution < 1.29 is 9.26 Å². The molecule has 2 heterocycles. The second kappa shape index (κ2) is 5.52. The van der Waals surface area contributed by atoms with Gasteiger partial charge in [-0.05, 0) is 31.2 Å². The highest BCUT2D eigenvalue weighted by molar-refractivity contribution is 5.52. The minimum atomic E-state index is -0.305. The van der Waals surface area contributed by atoms with Crippen LogP contribution in [0.5, 0.6) is 5.75 Å². The van der Waals surface area contributed by atoms with Crippen LogP contribution in [0.2, 0.25) is 0 Å². The van der Waals surface area contributed by atoms with E-state index < -0.39 is 0 Å². The first-order valence-electron chi connectivity index (χ1n) is 6.28. The lowest BCUT2D eigenvalue weighted by atomic mass is 10.2. The normalized spacial score (nSPS) is 12.1. The number of hydrogen-bond acceptors (Lipinski definition) is 5. The van der Waals surface area contributed by atoms with Gasteiger partial charge in [0.2, 0.25) is 5.82 Å². The van der Waals surface area contributed by atoms with E-state index in [0.717, 1.165) is 11.3 Å². The molecule has 0 saturated carbocycles. The standard InChI is InChI=1S/C15H13N3O2/c1-11(19-13-5-3-2-4-6-13)15-17-14(18-20-15)12-7-9-16-10-8-12/h2-11H,1H3/t11-/m1/s1. The molecule has 0 saturated heterocycles. The van der Waals surface area contributed by atoms with Gasteiger partial charge in [-0.2, -0.15) is 4.98 Å². The molecule has 2 aromatic heterocycles. The van der Waals surface area contributed by atoms with Gasteiger partial charge in [0, 0.05) is 18.0 Å². The van der Waals surface area contributed by atoms with E-state index in [4.69, 9.17) is 9.26 Å². The summed E-state index contributed by atoms with van der Waals surface area (Å²) in [4.78, 5) is 8.30. The molecule has 0 radical (unpaired) electrons. The Kier molecular flexibility index (Phi) is 3.41. The first-order valence-corrected chi connectivity index (χ1v) is 6.28. The highest BCUT2D eigenvalue weighted by atomic mass is 16.5. The zero-order valence-corrected chi connectivity index (χ0v) is 10.9. The van der Waals surface area contributed by atoms with Gasteiger partial charge in [-0.1, -0.05) is 23.4 Å². The summed E-state index contributed by atoms with van der Waals surface area (Å²) in [6.45, 7) is 1.87. The number of ether oxygens (including phenoxy) is 1. The summed E-state index contributed by atoms with van der Waals surface area (Å²) in [6.07, 6.45) is 3.07. The Bertz CT molecular complexity index is 668. The van der Waals surface area contributed by atoms with Gasteiger partial charge >= 0.3 is 0 Å². The average Bonchev–Trinajstić information content (AvgIpc) is 2.99. The molecular weight excluding hydrogens is 254 g/mol. The number of rotatable bonds is 4. The fraction of sp³-hybridized carbons (Fsp3) is 0.133. The first kappa shape index (κ1) is 12.3. The average molecular weight is 267 g/mol. The van der Waals surface area contributed by atoms with Crippen molar-refractivity contribution in [1.29, 1.82) is 0 Å². The smallest absolute Gasteiger partial charge is 0.267 e. The molecule has 0 amide bonds. The molecule has 3 aromatic rings. The maximum absolute atomic E-state index is 5.74. The minimum absolute atomic E-state index is 0.305. The Morgan fingerprint density at radius 3 is 2.55 bits per heavy atom. The molecule has 3 rings (SSSR count). The van der Waals surface area contributed by atoms with Crippen LogP contribution in [-0.4, -0.2) is 15.1 Å². The quantitative estimate of drug-likeness (QED) is 0.726. The molecule has 0 aliphatic heterocycles. The molecule has 1 atom stereocenters. The van der Waals surface area contributed by atoms with E-state index in [-0.39, 0.29) is 6.10 Å². The Labute approximate surface area is 116 Å². The zero-order chi connectivity index (χ0) is 13.8. The number of pyridine rings is 1. The van der Waals surface area contributed by atoms with Crippen LogP contribution in [0.4, 0.5) is 0 Å². The number of hydrogen-bond donors (Lipinski definition) is 0. The predicted molar refractivity (Wildman–Crippen MR) is 73.0 cm³/mol. The highest BCUT2D eigenvalue weighted by Crippen LogP contribution is 2.22. The number of para-hydroxylation sites is 1. The second-order valence-corrected chi connectivity index (χ2v) is 4.27. The maximum Gasteiger partial charge on any atom is 0.267 e. The lowest BCUT2D eigenvalue weighted by molar-refractivity contribution is 0.176. The molecule has 0 fully saturated rings. The molecule has 0 unspecified atom stereocenters. The van der Waals surface area contributed by atoms with E-state index in [1.165, 1.54) is 0 Å². The summed E-state index contributed by atoms with van der Waals surface area (Å²) in [7, 11) is 0. The highest BCUT2D eigenvalue weighted by Gasteiger charge is 2.16. The molecule has 5 nitrogen and oxygen atoms in total. The van der Waals surface area contributed by atoms with E-state index in [1.54, 1.807) is 12.4 Å². The topological polar surface area (TPSA) is 61.0 Å². The molecule has 0 aliphatic rings. The molecule has 20 heavy (non-hydrogen) atoms. The van der Waals surface area contributed by atoms with Gasteiger partial charge < -0.3 is 9.26 Å². The third-order valence-corrected chi connectivity index (χ3v) is 2.78. The van der Waals surface area contributed by atoms with Gasteiger partial charge in [-0.25, -0.2) is 0 Å². The van der Waals surface area contributed by atoms with Crippen molar-refractivity contribution in [3.63, 3.8) is 0 Å². The summed E-state index contributed by atoms with van der Waals surface area (Å²) < 4.78 is 11.0. The van der Waals surface area contributed by atoms with Crippen LogP contribution in [0.15, 0.2) is 59.4 Å². The van der Waals surface area contributed by atoms with E-state index in [9.17, 15) is 0 Å². The Balaban J connectivity index is 1.77. The van der Waals surface area contributed by atoms with Crippen molar-refractivity contribution >= 4 is 0 Å². The van der Waals surface area contributed by atoms with E-state index >= 15 is 0 Å².